The molecule has 0 radical (unpaired) electrons. The van der Waals surface area contributed by atoms with Crippen molar-refractivity contribution in [3.63, 3.8) is 0 Å². The van der Waals surface area contributed by atoms with Gasteiger partial charge in [0.15, 0.2) is 0 Å². The average molecular weight is 259 g/mol. The van der Waals surface area contributed by atoms with Crippen LogP contribution in [0.5, 0.6) is 0 Å². The molecule has 1 aromatic heterocycles. The first-order valence-corrected chi connectivity index (χ1v) is 7.80. The van der Waals surface area contributed by atoms with Gasteiger partial charge in [-0.3, -0.25) is 0 Å². The van der Waals surface area contributed by atoms with Crippen LogP contribution in [-0.4, -0.2) is 24.1 Å². The molecule has 1 N–H and O–H groups in total. The first-order valence-electron chi connectivity index (χ1n) is 7.80. The number of nitrogens with zero attached hydrogens (tertiary/aromatic N) is 2. The van der Waals surface area contributed by atoms with Crippen molar-refractivity contribution in [2.75, 3.05) is 23.3 Å². The van der Waals surface area contributed by atoms with Crippen LogP contribution in [0.15, 0.2) is 18.3 Å². The highest BCUT2D eigenvalue weighted by atomic mass is 15.2. The van der Waals surface area contributed by atoms with Gasteiger partial charge in [-0.2, -0.15) is 0 Å². The monoisotopic (exact) mass is 259 g/mol. The summed E-state index contributed by atoms with van der Waals surface area (Å²) in [4.78, 5) is 6.98. The van der Waals surface area contributed by atoms with Gasteiger partial charge in [-0.1, -0.05) is 12.8 Å². The second kappa shape index (κ2) is 5.81. The van der Waals surface area contributed by atoms with E-state index in [-0.39, 0.29) is 0 Å². The van der Waals surface area contributed by atoms with Crippen LogP contribution >= 0.6 is 0 Å². The number of aromatic nitrogens is 1. The minimum absolute atomic E-state index is 0.571. The van der Waals surface area contributed by atoms with Gasteiger partial charge in [0.05, 0.1) is 11.9 Å². The molecule has 0 aromatic carbocycles. The summed E-state index contributed by atoms with van der Waals surface area (Å²) in [5, 5.41) is 3.62. The van der Waals surface area contributed by atoms with E-state index >= 15 is 0 Å². The van der Waals surface area contributed by atoms with Crippen LogP contribution < -0.4 is 10.2 Å². The van der Waals surface area contributed by atoms with Crippen molar-refractivity contribution >= 4 is 11.5 Å². The predicted octanol–water partition coefficient (Wildman–Crippen LogP) is 3.67. The fourth-order valence-corrected chi connectivity index (χ4v) is 3.44. The topological polar surface area (TPSA) is 28.2 Å². The van der Waals surface area contributed by atoms with Crippen molar-refractivity contribution in [1.29, 1.82) is 0 Å². The molecule has 3 nitrogen and oxygen atoms in total. The Morgan fingerprint density at radius 2 is 1.89 bits per heavy atom. The minimum Gasteiger partial charge on any atom is -0.381 e. The summed E-state index contributed by atoms with van der Waals surface area (Å²) in [6, 6.07) is 4.92. The molecule has 3 rings (SSSR count). The van der Waals surface area contributed by atoms with Crippen LogP contribution in [0, 0.1) is 5.92 Å². The largest absolute Gasteiger partial charge is 0.381 e. The van der Waals surface area contributed by atoms with E-state index in [1.807, 2.05) is 6.20 Å². The van der Waals surface area contributed by atoms with E-state index in [0.717, 1.165) is 24.8 Å². The van der Waals surface area contributed by atoms with E-state index in [1.165, 1.54) is 44.2 Å². The number of pyridine rings is 1. The molecule has 0 amide bonds. The van der Waals surface area contributed by atoms with Gasteiger partial charge in [0.1, 0.15) is 5.82 Å². The second-order valence-electron chi connectivity index (χ2n) is 6.08. The molecule has 19 heavy (non-hydrogen) atoms. The first kappa shape index (κ1) is 12.8. The van der Waals surface area contributed by atoms with Crippen LogP contribution in [0.3, 0.4) is 0 Å². The first-order chi connectivity index (χ1) is 9.33. The minimum atomic E-state index is 0.571. The molecule has 1 aromatic rings. The number of nitrogens with one attached hydrogen (secondary N) is 1. The molecule has 2 heterocycles. The quantitative estimate of drug-likeness (QED) is 0.894. The summed E-state index contributed by atoms with van der Waals surface area (Å²) in [6.45, 7) is 4.64. The van der Waals surface area contributed by atoms with Crippen molar-refractivity contribution in [2.45, 2.75) is 51.5 Å². The molecular formula is C16H25N3. The van der Waals surface area contributed by atoms with Crippen molar-refractivity contribution in [3.05, 3.63) is 18.3 Å². The van der Waals surface area contributed by atoms with Crippen LogP contribution in [0.4, 0.5) is 11.5 Å². The number of hydrogen-bond acceptors (Lipinski definition) is 3. The fourth-order valence-electron chi connectivity index (χ4n) is 3.44. The highest BCUT2D eigenvalue weighted by Gasteiger charge is 2.21. The molecule has 1 unspecified atom stereocenters. The molecule has 1 aliphatic carbocycles. The molecule has 104 valence electrons. The van der Waals surface area contributed by atoms with E-state index < -0.39 is 0 Å². The second-order valence-corrected chi connectivity index (χ2v) is 6.08. The molecule has 1 saturated carbocycles. The Morgan fingerprint density at radius 3 is 2.53 bits per heavy atom. The summed E-state index contributed by atoms with van der Waals surface area (Å²) in [5.41, 5.74) is 1.17. The number of anilines is 2. The lowest BCUT2D eigenvalue weighted by atomic mass is 10.00. The van der Waals surface area contributed by atoms with E-state index in [2.05, 4.69) is 34.3 Å². The highest BCUT2D eigenvalue weighted by Crippen LogP contribution is 2.29. The van der Waals surface area contributed by atoms with E-state index in [1.54, 1.807) is 0 Å². The maximum atomic E-state index is 4.60. The summed E-state index contributed by atoms with van der Waals surface area (Å²) < 4.78 is 0. The van der Waals surface area contributed by atoms with Gasteiger partial charge < -0.3 is 10.2 Å². The zero-order valence-corrected chi connectivity index (χ0v) is 11.9. The summed E-state index contributed by atoms with van der Waals surface area (Å²) in [5.74, 6) is 1.98. The molecule has 2 aliphatic rings. The Labute approximate surface area is 116 Å². The van der Waals surface area contributed by atoms with Gasteiger partial charge in [0.25, 0.3) is 0 Å². The highest BCUT2D eigenvalue weighted by molar-refractivity contribution is 5.49. The Morgan fingerprint density at radius 1 is 1.16 bits per heavy atom. The normalized spacial score (nSPS) is 21.8. The average Bonchev–Trinajstić information content (AvgIpc) is 3.13. The molecule has 0 spiro atoms. The molecular weight excluding hydrogens is 234 g/mol. The molecule has 1 aliphatic heterocycles. The van der Waals surface area contributed by atoms with Crippen molar-refractivity contribution in [3.8, 4) is 0 Å². The van der Waals surface area contributed by atoms with Gasteiger partial charge in [-0.15, -0.1) is 0 Å². The number of rotatable bonds is 4. The van der Waals surface area contributed by atoms with Crippen LogP contribution in [0.1, 0.15) is 45.4 Å². The van der Waals surface area contributed by atoms with E-state index in [9.17, 15) is 0 Å². The van der Waals surface area contributed by atoms with Gasteiger partial charge >= 0.3 is 0 Å². The van der Waals surface area contributed by atoms with Gasteiger partial charge in [-0.25, -0.2) is 4.98 Å². The third kappa shape index (κ3) is 3.02. The standard InChI is InChI=1S/C16H25N3/c1-13(14-6-2-3-7-14)18-15-8-9-16(17-12-15)19-10-4-5-11-19/h8-9,12-14,18H,2-7,10-11H2,1H3. The summed E-state index contributed by atoms with van der Waals surface area (Å²) in [6.07, 6.45) is 10.2. The lowest BCUT2D eigenvalue weighted by molar-refractivity contribution is 0.482. The zero-order valence-electron chi connectivity index (χ0n) is 11.9. The molecule has 0 bridgehead atoms. The number of hydrogen-bond donors (Lipinski definition) is 1. The maximum absolute atomic E-state index is 4.60. The van der Waals surface area contributed by atoms with Crippen LogP contribution in [-0.2, 0) is 0 Å². The molecule has 3 heteroatoms. The summed E-state index contributed by atoms with van der Waals surface area (Å²) >= 11 is 0. The predicted molar refractivity (Wildman–Crippen MR) is 80.7 cm³/mol. The molecule has 1 saturated heterocycles. The van der Waals surface area contributed by atoms with E-state index in [4.69, 9.17) is 0 Å². The van der Waals surface area contributed by atoms with Gasteiger partial charge in [0.2, 0.25) is 0 Å². The lowest BCUT2D eigenvalue weighted by Crippen LogP contribution is -2.24. The third-order valence-corrected chi connectivity index (χ3v) is 4.68. The Bertz CT molecular complexity index is 389. The van der Waals surface area contributed by atoms with E-state index in [0.29, 0.717) is 6.04 Å². The zero-order chi connectivity index (χ0) is 13.1. The van der Waals surface area contributed by atoms with Gasteiger partial charge in [-0.05, 0) is 50.7 Å². The summed E-state index contributed by atoms with van der Waals surface area (Å²) in [7, 11) is 0. The Balaban J connectivity index is 1.58. The fraction of sp³-hybridized carbons (Fsp3) is 0.688. The van der Waals surface area contributed by atoms with Crippen molar-refractivity contribution in [1.82, 2.24) is 4.98 Å². The Hall–Kier alpha value is -1.25. The van der Waals surface area contributed by atoms with Gasteiger partial charge in [0, 0.05) is 19.1 Å². The molecule has 1 atom stereocenters. The van der Waals surface area contributed by atoms with Crippen molar-refractivity contribution in [2.24, 2.45) is 5.92 Å². The lowest BCUT2D eigenvalue weighted by Gasteiger charge is -2.22. The Kier molecular flexibility index (Phi) is 3.90. The van der Waals surface area contributed by atoms with Crippen molar-refractivity contribution < 1.29 is 0 Å². The SMILES string of the molecule is CC(Nc1ccc(N2CCCC2)nc1)C1CCCC1. The maximum Gasteiger partial charge on any atom is 0.128 e. The van der Waals surface area contributed by atoms with Crippen LogP contribution in [0.2, 0.25) is 0 Å². The molecule has 2 fully saturated rings. The smallest absolute Gasteiger partial charge is 0.128 e. The third-order valence-electron chi connectivity index (χ3n) is 4.68. The van der Waals surface area contributed by atoms with Crippen LogP contribution in [0.25, 0.3) is 0 Å².